The van der Waals surface area contributed by atoms with Gasteiger partial charge in [-0.25, -0.2) is 13.6 Å². The van der Waals surface area contributed by atoms with Crippen molar-refractivity contribution in [2.75, 3.05) is 12.0 Å². The first-order chi connectivity index (χ1) is 12.2. The van der Waals surface area contributed by atoms with Gasteiger partial charge < -0.3 is 14.4 Å². The van der Waals surface area contributed by atoms with Crippen molar-refractivity contribution in [3.8, 4) is 11.5 Å². The van der Waals surface area contributed by atoms with Crippen molar-refractivity contribution in [1.82, 2.24) is 0 Å². The van der Waals surface area contributed by atoms with Gasteiger partial charge in [-0.2, -0.15) is 0 Å². The van der Waals surface area contributed by atoms with Crippen molar-refractivity contribution in [3.05, 3.63) is 47.0 Å². The van der Waals surface area contributed by atoms with E-state index in [2.05, 4.69) is 0 Å². The molecule has 2 aromatic rings. The molecule has 1 unspecified atom stereocenters. The number of carbonyl (C=O) groups is 1. The van der Waals surface area contributed by atoms with E-state index in [1.165, 1.54) is 36.3 Å². The molecule has 0 aromatic heterocycles. The molecule has 1 heterocycles. The van der Waals surface area contributed by atoms with E-state index in [0.717, 1.165) is 0 Å². The maximum atomic E-state index is 12.8. The zero-order valence-electron chi connectivity index (χ0n) is 14.1. The van der Waals surface area contributed by atoms with Gasteiger partial charge in [-0.3, -0.25) is 4.79 Å². The normalized spacial score (nSPS) is 17.3. The third kappa shape index (κ3) is 3.48. The number of carbonyl (C=O) groups excluding carboxylic acids is 1. The number of methoxy groups -OCH3 is 1. The first kappa shape index (κ1) is 18.5. The number of nitrogens with two attached hydrogens (primary N) is 1. The Bertz CT molecular complexity index is 960. The van der Waals surface area contributed by atoms with Crippen molar-refractivity contribution >= 4 is 33.2 Å². The Labute approximate surface area is 156 Å². The lowest BCUT2D eigenvalue weighted by atomic mass is 10.1. The molecule has 1 amide bonds. The summed E-state index contributed by atoms with van der Waals surface area (Å²) in [5, 5.41) is 5.57. The van der Waals surface area contributed by atoms with Gasteiger partial charge in [0, 0.05) is 22.3 Å². The number of sulfonamides is 1. The van der Waals surface area contributed by atoms with Crippen LogP contribution in [-0.4, -0.2) is 27.5 Å². The lowest BCUT2D eigenvalue weighted by Crippen LogP contribution is -2.38. The molecule has 1 atom stereocenters. The third-order valence-corrected chi connectivity index (χ3v) is 5.18. The highest BCUT2D eigenvalue weighted by molar-refractivity contribution is 7.89. The summed E-state index contributed by atoms with van der Waals surface area (Å²) in [5.41, 5.74) is 1.20. The summed E-state index contributed by atoms with van der Waals surface area (Å²) in [6.07, 6.45) is -0.760. The maximum Gasteiger partial charge on any atom is 0.268 e. The molecule has 138 valence electrons. The number of halogens is 1. The van der Waals surface area contributed by atoms with Gasteiger partial charge in [-0.15, -0.1) is 0 Å². The van der Waals surface area contributed by atoms with Crippen LogP contribution in [0.15, 0.2) is 41.3 Å². The minimum atomic E-state index is -3.81. The topological polar surface area (TPSA) is 98.9 Å². The van der Waals surface area contributed by atoms with Crippen molar-refractivity contribution in [1.29, 1.82) is 0 Å². The molecule has 2 aromatic carbocycles. The number of benzene rings is 2. The van der Waals surface area contributed by atoms with Crippen LogP contribution in [-0.2, 0) is 21.4 Å². The lowest BCUT2D eigenvalue weighted by Gasteiger charge is -2.22. The molecular weight excluding hydrogens is 380 g/mol. The summed E-state index contributed by atoms with van der Waals surface area (Å²) >= 11 is 6.13. The molecule has 0 saturated carbocycles. The van der Waals surface area contributed by atoms with Crippen LogP contribution in [0.2, 0.25) is 5.02 Å². The molecule has 2 N–H and O–H groups in total. The van der Waals surface area contributed by atoms with Gasteiger partial charge in [0.05, 0.1) is 18.6 Å². The molecule has 1 aliphatic rings. The van der Waals surface area contributed by atoms with Gasteiger partial charge in [-0.1, -0.05) is 11.6 Å². The molecule has 7 nitrogen and oxygen atoms in total. The van der Waals surface area contributed by atoms with Crippen molar-refractivity contribution < 1.29 is 22.7 Å². The van der Waals surface area contributed by atoms with E-state index in [0.29, 0.717) is 27.8 Å². The molecule has 0 radical (unpaired) electrons. The summed E-state index contributed by atoms with van der Waals surface area (Å²) in [6.45, 7) is 1.83. The minimum absolute atomic E-state index is 0.0297. The number of rotatable bonds is 3. The monoisotopic (exact) mass is 396 g/mol. The quantitative estimate of drug-likeness (QED) is 0.858. The van der Waals surface area contributed by atoms with Crippen molar-refractivity contribution in [2.24, 2.45) is 5.14 Å². The van der Waals surface area contributed by atoms with Crippen LogP contribution in [0.5, 0.6) is 11.5 Å². The fraction of sp³-hybridized carbons (Fsp3) is 0.235. The molecule has 1 aliphatic heterocycles. The number of anilines is 1. The highest BCUT2D eigenvalue weighted by atomic mass is 35.5. The largest absolute Gasteiger partial charge is 0.493 e. The highest BCUT2D eigenvalue weighted by Crippen LogP contribution is 2.39. The molecule has 0 fully saturated rings. The molecule has 0 aliphatic carbocycles. The van der Waals surface area contributed by atoms with Gasteiger partial charge in [0.2, 0.25) is 10.0 Å². The Morgan fingerprint density at radius 1 is 1.27 bits per heavy atom. The third-order valence-electron chi connectivity index (χ3n) is 4.03. The maximum absolute atomic E-state index is 12.8. The van der Waals surface area contributed by atoms with Gasteiger partial charge >= 0.3 is 0 Å². The summed E-state index contributed by atoms with van der Waals surface area (Å²) in [7, 11) is -2.31. The van der Waals surface area contributed by atoms with E-state index < -0.39 is 16.1 Å². The Hall–Kier alpha value is -2.29. The van der Waals surface area contributed by atoms with Crippen LogP contribution in [0.25, 0.3) is 0 Å². The average molecular weight is 397 g/mol. The van der Waals surface area contributed by atoms with Gasteiger partial charge in [0.15, 0.2) is 17.6 Å². The minimum Gasteiger partial charge on any atom is -0.493 e. The predicted molar refractivity (Wildman–Crippen MR) is 97.1 cm³/mol. The van der Waals surface area contributed by atoms with Gasteiger partial charge in [0.25, 0.3) is 5.91 Å². The van der Waals surface area contributed by atoms with E-state index in [1.807, 2.05) is 0 Å². The van der Waals surface area contributed by atoms with Crippen LogP contribution < -0.4 is 19.5 Å². The molecule has 0 bridgehead atoms. The fourth-order valence-electron chi connectivity index (χ4n) is 2.75. The number of fused-ring (bicyclic) bond motifs is 1. The molecule has 0 spiro atoms. The summed E-state index contributed by atoms with van der Waals surface area (Å²) < 4.78 is 33.9. The molecule has 26 heavy (non-hydrogen) atoms. The van der Waals surface area contributed by atoms with Crippen LogP contribution >= 0.6 is 11.6 Å². The zero-order chi connectivity index (χ0) is 19.1. The lowest BCUT2D eigenvalue weighted by molar-refractivity contribution is -0.124. The average Bonchev–Trinajstić information content (AvgIpc) is 2.71. The Kier molecular flexibility index (Phi) is 4.83. The summed E-state index contributed by atoms with van der Waals surface area (Å²) in [6, 6.07) is 9.08. The van der Waals surface area contributed by atoms with Crippen LogP contribution in [0, 0.1) is 0 Å². The van der Waals surface area contributed by atoms with Gasteiger partial charge in [-0.05, 0) is 37.3 Å². The zero-order valence-corrected chi connectivity index (χ0v) is 15.7. The predicted octanol–water partition coefficient (Wildman–Crippen LogP) is 2.31. The summed E-state index contributed by atoms with van der Waals surface area (Å²) in [4.78, 5) is 14.2. The van der Waals surface area contributed by atoms with Crippen LogP contribution in [0.4, 0.5) is 5.69 Å². The van der Waals surface area contributed by atoms with E-state index in [4.69, 9.17) is 26.2 Å². The van der Waals surface area contributed by atoms with Crippen LogP contribution in [0.1, 0.15) is 12.5 Å². The van der Waals surface area contributed by atoms with Crippen molar-refractivity contribution in [2.45, 2.75) is 24.5 Å². The Morgan fingerprint density at radius 3 is 2.50 bits per heavy atom. The number of primary sulfonamides is 1. The van der Waals surface area contributed by atoms with Crippen molar-refractivity contribution in [3.63, 3.8) is 0 Å². The molecule has 9 heteroatoms. The molecule has 0 saturated heterocycles. The van der Waals surface area contributed by atoms with E-state index in [-0.39, 0.29) is 17.3 Å². The van der Waals surface area contributed by atoms with E-state index in [9.17, 15) is 13.2 Å². The van der Waals surface area contributed by atoms with E-state index in [1.54, 1.807) is 19.1 Å². The standard InChI is InChI=1S/C17H17ClN2O5S/c1-10-17(21)20(13-3-5-14(6-4-13)26(19,22)23)9-11-7-12(18)8-15(24-2)16(11)25-10/h3-8,10H,9H2,1-2H3,(H2,19,22,23). The molecular formula is C17H17ClN2O5S. The smallest absolute Gasteiger partial charge is 0.268 e. The van der Waals surface area contributed by atoms with E-state index >= 15 is 0 Å². The fourth-order valence-corrected chi connectivity index (χ4v) is 3.50. The Balaban J connectivity index is 2.05. The second-order valence-electron chi connectivity index (χ2n) is 5.82. The summed E-state index contributed by atoms with van der Waals surface area (Å²) in [5.74, 6) is 0.628. The molecule has 3 rings (SSSR count). The Morgan fingerprint density at radius 2 is 1.92 bits per heavy atom. The number of amides is 1. The number of hydrogen-bond acceptors (Lipinski definition) is 5. The number of ether oxygens (including phenoxy) is 2. The highest BCUT2D eigenvalue weighted by Gasteiger charge is 2.31. The van der Waals surface area contributed by atoms with Gasteiger partial charge in [0.1, 0.15) is 0 Å². The second kappa shape index (κ2) is 6.79. The second-order valence-corrected chi connectivity index (χ2v) is 7.82. The first-order valence-corrected chi connectivity index (χ1v) is 9.60. The SMILES string of the molecule is COc1cc(Cl)cc2c1OC(C)C(=O)N(c1ccc(S(N)(=O)=O)cc1)C2. The first-order valence-electron chi connectivity index (χ1n) is 7.68. The van der Waals surface area contributed by atoms with Crippen LogP contribution in [0.3, 0.4) is 0 Å². The number of hydrogen-bond donors (Lipinski definition) is 1. The number of nitrogens with zero attached hydrogens (tertiary/aromatic N) is 1.